The molecule has 0 unspecified atom stereocenters. The molecule has 7 nitrogen and oxygen atoms in total. The molecule has 2 aliphatic rings. The molecular formula is C22H39N3O4S. The molecule has 0 bridgehead atoms. The normalized spacial score (nSPS) is 22.8. The Morgan fingerprint density at radius 3 is 2.63 bits per heavy atom. The Morgan fingerprint density at radius 2 is 1.87 bits per heavy atom. The van der Waals surface area contributed by atoms with E-state index in [2.05, 4.69) is 22.5 Å². The molecule has 3 atom stereocenters. The van der Waals surface area contributed by atoms with E-state index in [1.165, 1.54) is 19.3 Å². The first-order chi connectivity index (χ1) is 14.5. The minimum absolute atomic E-state index is 0.0837. The maximum absolute atomic E-state index is 12.3. The Kier molecular flexibility index (Phi) is 11.4. The number of hydrogen-bond acceptors (Lipinski definition) is 4. The number of thioether (sulfide) groups is 1. The van der Waals surface area contributed by atoms with Gasteiger partial charge >= 0.3 is 12.0 Å². The summed E-state index contributed by atoms with van der Waals surface area (Å²) in [6, 6.07) is 0.696. The van der Waals surface area contributed by atoms with E-state index in [-0.39, 0.29) is 24.4 Å². The molecule has 0 aromatic carbocycles. The van der Waals surface area contributed by atoms with Gasteiger partial charge in [0.05, 0.1) is 12.1 Å². The number of fused-ring (bicyclic) bond motifs is 1. The summed E-state index contributed by atoms with van der Waals surface area (Å²) in [6.07, 6.45) is 10.7. The van der Waals surface area contributed by atoms with Crippen LogP contribution in [-0.4, -0.2) is 64.1 Å². The van der Waals surface area contributed by atoms with Gasteiger partial charge in [-0.3, -0.25) is 9.59 Å². The second-order valence-electron chi connectivity index (χ2n) is 8.47. The van der Waals surface area contributed by atoms with E-state index in [0.717, 1.165) is 50.8 Å². The first kappa shape index (κ1) is 24.8. The number of urea groups is 1. The van der Waals surface area contributed by atoms with Crippen molar-refractivity contribution in [3.05, 3.63) is 0 Å². The zero-order chi connectivity index (χ0) is 21.8. The number of rotatable bonds is 16. The lowest BCUT2D eigenvalue weighted by Crippen LogP contribution is -2.41. The van der Waals surface area contributed by atoms with Gasteiger partial charge in [0.15, 0.2) is 0 Å². The second kappa shape index (κ2) is 13.8. The number of hydrogen-bond donors (Lipinski definition) is 3. The smallest absolute Gasteiger partial charge is 0.318 e. The van der Waals surface area contributed by atoms with Gasteiger partial charge < -0.3 is 20.6 Å². The van der Waals surface area contributed by atoms with E-state index in [1.54, 1.807) is 0 Å². The maximum Gasteiger partial charge on any atom is 0.318 e. The van der Waals surface area contributed by atoms with Gasteiger partial charge in [-0.2, -0.15) is 11.8 Å². The quantitative estimate of drug-likeness (QED) is 0.250. The van der Waals surface area contributed by atoms with Crippen molar-refractivity contribution in [2.24, 2.45) is 0 Å². The summed E-state index contributed by atoms with van der Waals surface area (Å²) in [7, 11) is 0. The van der Waals surface area contributed by atoms with E-state index in [0.29, 0.717) is 30.7 Å². The van der Waals surface area contributed by atoms with E-state index in [1.807, 2.05) is 11.8 Å². The molecule has 2 rings (SSSR count). The van der Waals surface area contributed by atoms with Crippen LogP contribution in [0, 0.1) is 0 Å². The number of carbonyl (C=O) groups excluding carboxylic acids is 2. The van der Waals surface area contributed by atoms with Gasteiger partial charge in [0.2, 0.25) is 5.91 Å². The third-order valence-corrected chi connectivity index (χ3v) is 7.49. The zero-order valence-electron chi connectivity index (χ0n) is 18.4. The Bertz CT molecular complexity index is 561. The number of carboxylic acids is 1. The molecule has 2 heterocycles. The van der Waals surface area contributed by atoms with Crippen molar-refractivity contribution in [1.29, 1.82) is 0 Å². The second-order valence-corrected chi connectivity index (χ2v) is 9.74. The Hall–Kier alpha value is -1.44. The SMILES string of the molecule is CCCCCCN1C(=O)N[C@H]2CS[C@@H](CCCCC(=O)NCCCCCC(=O)O)[C@H]21. The van der Waals surface area contributed by atoms with Crippen molar-refractivity contribution in [1.82, 2.24) is 15.5 Å². The van der Waals surface area contributed by atoms with Crippen molar-refractivity contribution >= 4 is 29.7 Å². The predicted octanol–water partition coefficient (Wildman–Crippen LogP) is 3.77. The van der Waals surface area contributed by atoms with Crippen LogP contribution in [0.4, 0.5) is 4.79 Å². The highest BCUT2D eigenvalue weighted by atomic mass is 32.2. The maximum atomic E-state index is 12.3. The standard InChI is InChI=1S/C22H39N3O4S/c1-2-3-4-10-15-25-21-17(24-22(25)29)16-30-18(21)11-7-8-12-19(26)23-14-9-5-6-13-20(27)28/h17-18,21H,2-16H2,1H3,(H,23,26)(H,24,29)(H,27,28)/t17-,18-,21-/m0/s1. The molecule has 2 fully saturated rings. The Labute approximate surface area is 185 Å². The van der Waals surface area contributed by atoms with Gasteiger partial charge in [0, 0.05) is 36.9 Å². The first-order valence-corrected chi connectivity index (χ1v) is 12.7. The minimum atomic E-state index is -0.761. The molecule has 0 aliphatic carbocycles. The number of carboxylic acid groups (broad SMARTS) is 1. The molecule has 0 aromatic heterocycles. The van der Waals surface area contributed by atoms with Crippen LogP contribution in [0.25, 0.3) is 0 Å². The van der Waals surface area contributed by atoms with Crippen molar-refractivity contribution in [2.45, 2.75) is 101 Å². The highest BCUT2D eigenvalue weighted by Gasteiger charge is 2.47. The number of nitrogens with one attached hydrogen (secondary N) is 2. The molecule has 0 aromatic rings. The molecule has 2 saturated heterocycles. The lowest BCUT2D eigenvalue weighted by Gasteiger charge is -2.27. The van der Waals surface area contributed by atoms with Gasteiger partial charge in [-0.1, -0.05) is 39.0 Å². The number of amides is 3. The zero-order valence-corrected chi connectivity index (χ0v) is 19.2. The Balaban J connectivity index is 1.58. The summed E-state index contributed by atoms with van der Waals surface area (Å²) in [5.41, 5.74) is 0. The van der Waals surface area contributed by atoms with Crippen LogP contribution >= 0.6 is 11.8 Å². The van der Waals surface area contributed by atoms with Crippen molar-refractivity contribution in [3.8, 4) is 0 Å². The van der Waals surface area contributed by atoms with Crippen LogP contribution in [0.2, 0.25) is 0 Å². The topological polar surface area (TPSA) is 98.7 Å². The molecule has 3 amide bonds. The molecule has 8 heteroatoms. The summed E-state index contributed by atoms with van der Waals surface area (Å²) in [5.74, 6) is 0.318. The average Bonchev–Trinajstić information content (AvgIpc) is 3.23. The predicted molar refractivity (Wildman–Crippen MR) is 121 cm³/mol. The minimum Gasteiger partial charge on any atom is -0.481 e. The molecule has 0 radical (unpaired) electrons. The van der Waals surface area contributed by atoms with Crippen molar-refractivity contribution in [3.63, 3.8) is 0 Å². The van der Waals surface area contributed by atoms with Gasteiger partial charge in [0.1, 0.15) is 0 Å². The van der Waals surface area contributed by atoms with Crippen LogP contribution < -0.4 is 10.6 Å². The first-order valence-electron chi connectivity index (χ1n) is 11.7. The molecule has 3 N–H and O–H groups in total. The van der Waals surface area contributed by atoms with Crippen molar-refractivity contribution < 1.29 is 19.5 Å². The molecular weight excluding hydrogens is 402 g/mol. The Morgan fingerprint density at radius 1 is 1.10 bits per heavy atom. The van der Waals surface area contributed by atoms with Crippen LogP contribution in [-0.2, 0) is 9.59 Å². The molecule has 2 aliphatic heterocycles. The fourth-order valence-corrected chi connectivity index (χ4v) is 5.95. The molecule has 172 valence electrons. The molecule has 0 spiro atoms. The van der Waals surface area contributed by atoms with E-state index >= 15 is 0 Å². The summed E-state index contributed by atoms with van der Waals surface area (Å²) >= 11 is 1.97. The van der Waals surface area contributed by atoms with Crippen molar-refractivity contribution in [2.75, 3.05) is 18.8 Å². The highest BCUT2D eigenvalue weighted by molar-refractivity contribution is 8.00. The van der Waals surface area contributed by atoms with Crippen LogP contribution in [0.15, 0.2) is 0 Å². The number of unbranched alkanes of at least 4 members (excludes halogenated alkanes) is 6. The van der Waals surface area contributed by atoms with E-state index < -0.39 is 5.97 Å². The monoisotopic (exact) mass is 441 g/mol. The van der Waals surface area contributed by atoms with Gasteiger partial charge in [-0.05, 0) is 32.1 Å². The number of carbonyl (C=O) groups is 3. The summed E-state index contributed by atoms with van der Waals surface area (Å²) in [5, 5.41) is 15.2. The lowest BCUT2D eigenvalue weighted by molar-refractivity contribution is -0.137. The van der Waals surface area contributed by atoms with Gasteiger partial charge in [0.25, 0.3) is 0 Å². The molecule has 30 heavy (non-hydrogen) atoms. The fraction of sp³-hybridized carbons (Fsp3) is 0.864. The number of nitrogens with zero attached hydrogens (tertiary/aromatic N) is 1. The molecule has 0 saturated carbocycles. The highest BCUT2D eigenvalue weighted by Crippen LogP contribution is 2.37. The summed E-state index contributed by atoms with van der Waals surface area (Å²) < 4.78 is 0. The largest absolute Gasteiger partial charge is 0.481 e. The number of aliphatic carboxylic acids is 1. The average molecular weight is 442 g/mol. The van der Waals surface area contributed by atoms with E-state index in [9.17, 15) is 14.4 Å². The van der Waals surface area contributed by atoms with Gasteiger partial charge in [-0.25, -0.2) is 4.79 Å². The van der Waals surface area contributed by atoms with E-state index in [4.69, 9.17) is 5.11 Å². The lowest BCUT2D eigenvalue weighted by atomic mass is 10.0. The third kappa shape index (κ3) is 8.36. The third-order valence-electron chi connectivity index (χ3n) is 6.00. The summed E-state index contributed by atoms with van der Waals surface area (Å²) in [4.78, 5) is 36.8. The van der Waals surface area contributed by atoms with Crippen LogP contribution in [0.1, 0.15) is 84.0 Å². The summed E-state index contributed by atoms with van der Waals surface area (Å²) in [6.45, 7) is 3.69. The van der Waals surface area contributed by atoms with Crippen LogP contribution in [0.5, 0.6) is 0 Å². The van der Waals surface area contributed by atoms with Gasteiger partial charge in [-0.15, -0.1) is 0 Å². The van der Waals surface area contributed by atoms with Crippen LogP contribution in [0.3, 0.4) is 0 Å². The fourth-order valence-electron chi connectivity index (χ4n) is 4.34.